The van der Waals surface area contributed by atoms with Crippen LogP contribution < -0.4 is 0 Å². The van der Waals surface area contributed by atoms with Crippen LogP contribution in [0.25, 0.3) is 0 Å². The van der Waals surface area contributed by atoms with E-state index in [4.69, 9.17) is 0 Å². The van der Waals surface area contributed by atoms with E-state index in [1.165, 1.54) is 6.92 Å². The molecule has 0 aromatic heterocycles. The van der Waals surface area contributed by atoms with E-state index < -0.39 is 22.4 Å². The quantitative estimate of drug-likeness (QED) is 0.288. The van der Waals surface area contributed by atoms with Crippen LogP contribution in [0.5, 0.6) is 0 Å². The minimum atomic E-state index is -3.60. The Balaban J connectivity index is 4.12. The van der Waals surface area contributed by atoms with Gasteiger partial charge in [0.15, 0.2) is 0 Å². The van der Waals surface area contributed by atoms with Crippen molar-refractivity contribution >= 4 is 16.1 Å². The van der Waals surface area contributed by atoms with Crippen molar-refractivity contribution in [1.29, 1.82) is 0 Å². The molecule has 14 heavy (non-hydrogen) atoms. The molecule has 0 aromatic carbocycles. The third kappa shape index (κ3) is 5.71. The zero-order chi connectivity index (χ0) is 11.2. The van der Waals surface area contributed by atoms with Gasteiger partial charge in [-0.1, -0.05) is 13.5 Å². The second-order valence-corrected chi connectivity index (χ2v) is 4.28. The first-order chi connectivity index (χ1) is 6.41. The average Bonchev–Trinajstić information content (AvgIpc) is 2.02. The van der Waals surface area contributed by atoms with E-state index in [-0.39, 0.29) is 5.75 Å². The van der Waals surface area contributed by atoms with Gasteiger partial charge >= 0.3 is 5.97 Å². The third-order valence-electron chi connectivity index (χ3n) is 1.19. The lowest BCUT2D eigenvalue weighted by Gasteiger charge is -2.11. The van der Waals surface area contributed by atoms with Crippen LogP contribution in [0.2, 0.25) is 0 Å². The third-order valence-corrected chi connectivity index (χ3v) is 2.66. The van der Waals surface area contributed by atoms with E-state index in [0.29, 0.717) is 6.42 Å². The lowest BCUT2D eigenvalue weighted by molar-refractivity contribution is -0.154. The van der Waals surface area contributed by atoms with Gasteiger partial charge in [0.05, 0.1) is 5.75 Å². The molecule has 1 unspecified atom stereocenters. The van der Waals surface area contributed by atoms with E-state index >= 15 is 0 Å². The van der Waals surface area contributed by atoms with Crippen LogP contribution in [0, 0.1) is 0 Å². The van der Waals surface area contributed by atoms with E-state index in [1.54, 1.807) is 6.92 Å². The fourth-order valence-corrected chi connectivity index (χ4v) is 1.78. The van der Waals surface area contributed by atoms with Crippen molar-refractivity contribution in [2.24, 2.45) is 0 Å². The number of rotatable bonds is 6. The summed E-state index contributed by atoms with van der Waals surface area (Å²) in [4.78, 5) is 10.7. The summed E-state index contributed by atoms with van der Waals surface area (Å²) < 4.78 is 31.2. The van der Waals surface area contributed by atoms with Crippen molar-refractivity contribution in [2.75, 3.05) is 5.75 Å². The summed E-state index contributed by atoms with van der Waals surface area (Å²) in [5, 5.41) is 0. The van der Waals surface area contributed by atoms with Crippen LogP contribution in [-0.4, -0.2) is 26.4 Å². The molecule has 0 aliphatic heterocycles. The molecule has 0 heterocycles. The maximum absolute atomic E-state index is 11.1. The van der Waals surface area contributed by atoms with Gasteiger partial charge in [0.2, 0.25) is 6.29 Å². The number of hydrogen-bond acceptors (Lipinski definition) is 5. The number of carbonyl (C=O) groups excluding carboxylic acids is 1. The number of esters is 1. The summed E-state index contributed by atoms with van der Waals surface area (Å²) >= 11 is 0. The first-order valence-electron chi connectivity index (χ1n) is 4.15. The highest BCUT2D eigenvalue weighted by Crippen LogP contribution is 2.03. The molecule has 0 rings (SSSR count). The van der Waals surface area contributed by atoms with Crippen molar-refractivity contribution < 1.29 is 22.1 Å². The van der Waals surface area contributed by atoms with E-state index in [9.17, 15) is 13.2 Å². The second kappa shape index (κ2) is 5.77. The zero-order valence-electron chi connectivity index (χ0n) is 8.23. The van der Waals surface area contributed by atoms with E-state index in [0.717, 1.165) is 6.08 Å². The summed E-state index contributed by atoms with van der Waals surface area (Å²) in [6.45, 7) is 6.20. The molecule has 0 saturated carbocycles. The average molecular weight is 222 g/mol. The summed E-state index contributed by atoms with van der Waals surface area (Å²) in [6.07, 6.45) is 0.272. The molecule has 0 N–H and O–H groups in total. The van der Waals surface area contributed by atoms with Gasteiger partial charge in [-0.25, -0.2) is 8.98 Å². The first-order valence-corrected chi connectivity index (χ1v) is 5.73. The highest BCUT2D eigenvalue weighted by molar-refractivity contribution is 7.86. The number of hydrogen-bond donors (Lipinski definition) is 0. The maximum Gasteiger partial charge on any atom is 0.332 e. The molecule has 82 valence electrons. The molecule has 0 spiro atoms. The van der Waals surface area contributed by atoms with Gasteiger partial charge in [-0.3, -0.25) is 0 Å². The van der Waals surface area contributed by atoms with Gasteiger partial charge in [0, 0.05) is 6.08 Å². The maximum atomic E-state index is 11.1. The molecule has 0 amide bonds. The molecule has 0 radical (unpaired) electrons. The Hall–Kier alpha value is -0.880. The summed E-state index contributed by atoms with van der Waals surface area (Å²) in [5.74, 6) is -0.813. The second-order valence-electron chi connectivity index (χ2n) is 2.57. The van der Waals surface area contributed by atoms with Crippen LogP contribution in [-0.2, 0) is 23.8 Å². The predicted octanol–water partition coefficient (Wildman–Crippen LogP) is 0.818. The minimum Gasteiger partial charge on any atom is -0.432 e. The SMILES string of the molecule is C=CC(=O)OC(C)OS(=O)(=O)CCC. The summed E-state index contributed by atoms with van der Waals surface area (Å²) in [5.41, 5.74) is 0. The van der Waals surface area contributed by atoms with E-state index in [1.807, 2.05) is 0 Å². The Bertz CT molecular complexity index is 293. The van der Waals surface area contributed by atoms with Gasteiger partial charge in [0.25, 0.3) is 10.1 Å². The van der Waals surface area contributed by atoms with Gasteiger partial charge in [-0.15, -0.1) is 0 Å². The Kier molecular flexibility index (Phi) is 5.40. The molecule has 0 bridgehead atoms. The molecular formula is C8H14O5S. The Morgan fingerprint density at radius 1 is 1.57 bits per heavy atom. The lowest BCUT2D eigenvalue weighted by Crippen LogP contribution is -2.22. The van der Waals surface area contributed by atoms with Gasteiger partial charge in [0.1, 0.15) is 0 Å². The molecule has 0 fully saturated rings. The molecule has 0 aromatic rings. The monoisotopic (exact) mass is 222 g/mol. The smallest absolute Gasteiger partial charge is 0.332 e. The van der Waals surface area contributed by atoms with Crippen molar-refractivity contribution in [1.82, 2.24) is 0 Å². The van der Waals surface area contributed by atoms with Crippen molar-refractivity contribution in [3.63, 3.8) is 0 Å². The lowest BCUT2D eigenvalue weighted by atomic mass is 10.6. The summed E-state index contributed by atoms with van der Waals surface area (Å²) in [6, 6.07) is 0. The van der Waals surface area contributed by atoms with Gasteiger partial charge in [-0.05, 0) is 13.3 Å². The number of carbonyl (C=O) groups is 1. The van der Waals surface area contributed by atoms with Crippen LogP contribution in [0.4, 0.5) is 0 Å². The minimum absolute atomic E-state index is 0.0943. The van der Waals surface area contributed by atoms with Crippen molar-refractivity contribution in [3.8, 4) is 0 Å². The van der Waals surface area contributed by atoms with Crippen molar-refractivity contribution in [3.05, 3.63) is 12.7 Å². The normalized spacial score (nSPS) is 13.3. The highest BCUT2D eigenvalue weighted by atomic mass is 32.2. The zero-order valence-corrected chi connectivity index (χ0v) is 9.04. The van der Waals surface area contributed by atoms with Crippen molar-refractivity contribution in [2.45, 2.75) is 26.6 Å². The van der Waals surface area contributed by atoms with Crippen LogP contribution in [0.1, 0.15) is 20.3 Å². The fourth-order valence-electron chi connectivity index (χ4n) is 0.736. The number of ether oxygens (including phenoxy) is 1. The standard InChI is InChI=1S/C8H14O5S/c1-4-6-14(10,11)13-7(3)12-8(9)5-2/h5,7H,2,4,6H2,1,3H3. The predicted molar refractivity (Wildman–Crippen MR) is 50.9 cm³/mol. The first kappa shape index (κ1) is 13.1. The molecule has 5 nitrogen and oxygen atoms in total. The van der Waals surface area contributed by atoms with E-state index in [2.05, 4.69) is 15.5 Å². The molecule has 6 heteroatoms. The fraction of sp³-hybridized carbons (Fsp3) is 0.625. The van der Waals surface area contributed by atoms with Gasteiger partial charge in [-0.2, -0.15) is 8.42 Å². The molecule has 0 aliphatic rings. The Morgan fingerprint density at radius 2 is 2.14 bits per heavy atom. The van der Waals surface area contributed by atoms with Crippen LogP contribution in [0.15, 0.2) is 12.7 Å². The molecular weight excluding hydrogens is 208 g/mol. The van der Waals surface area contributed by atoms with Gasteiger partial charge < -0.3 is 4.74 Å². The largest absolute Gasteiger partial charge is 0.432 e. The highest BCUT2D eigenvalue weighted by Gasteiger charge is 2.16. The Labute approximate surface area is 83.8 Å². The molecule has 1 atom stereocenters. The molecule has 0 saturated heterocycles. The molecule has 0 aliphatic carbocycles. The Morgan fingerprint density at radius 3 is 2.57 bits per heavy atom. The van der Waals surface area contributed by atoms with Crippen LogP contribution in [0.3, 0.4) is 0 Å². The summed E-state index contributed by atoms with van der Waals surface area (Å²) in [7, 11) is -3.60. The van der Waals surface area contributed by atoms with Crippen LogP contribution >= 0.6 is 0 Å². The topological polar surface area (TPSA) is 69.7 Å².